The molecule has 2 nitrogen and oxygen atoms in total. The standard InChI is InChI=1S/C14H21NO/c1-11-6-8-14-7-3-9-15(14)13(16)5-2-4-12(14)10-11/h6,12H,2-5,7-10H2,1H3/t12-,14+/m0/s1. The highest BCUT2D eigenvalue weighted by molar-refractivity contribution is 5.78. The molecule has 2 saturated heterocycles. The fourth-order valence-corrected chi connectivity index (χ4v) is 4.10. The van der Waals surface area contributed by atoms with Crippen LogP contribution in [0.1, 0.15) is 51.9 Å². The lowest BCUT2D eigenvalue weighted by Crippen LogP contribution is -2.51. The van der Waals surface area contributed by atoms with Crippen molar-refractivity contribution < 1.29 is 4.79 Å². The number of allylic oxidation sites excluding steroid dienone is 1. The van der Waals surface area contributed by atoms with Crippen molar-refractivity contribution in [3.05, 3.63) is 11.6 Å². The van der Waals surface area contributed by atoms with Crippen molar-refractivity contribution in [2.24, 2.45) is 5.92 Å². The molecule has 0 aromatic carbocycles. The van der Waals surface area contributed by atoms with Gasteiger partial charge >= 0.3 is 0 Å². The molecule has 0 aromatic heterocycles. The fourth-order valence-electron chi connectivity index (χ4n) is 4.10. The smallest absolute Gasteiger partial charge is 0.223 e. The van der Waals surface area contributed by atoms with E-state index in [1.807, 2.05) is 0 Å². The molecule has 0 N–H and O–H groups in total. The lowest BCUT2D eigenvalue weighted by Gasteiger charge is -2.45. The highest BCUT2D eigenvalue weighted by Crippen LogP contribution is 2.48. The first-order valence-electron chi connectivity index (χ1n) is 6.68. The van der Waals surface area contributed by atoms with Crippen molar-refractivity contribution in [1.29, 1.82) is 0 Å². The number of carbonyl (C=O) groups is 1. The van der Waals surface area contributed by atoms with Gasteiger partial charge in [-0.25, -0.2) is 0 Å². The minimum atomic E-state index is 0.229. The van der Waals surface area contributed by atoms with Crippen molar-refractivity contribution >= 4 is 5.91 Å². The third-order valence-electron chi connectivity index (χ3n) is 4.91. The average Bonchev–Trinajstić information content (AvgIpc) is 2.63. The van der Waals surface area contributed by atoms with E-state index in [-0.39, 0.29) is 5.54 Å². The highest BCUT2D eigenvalue weighted by atomic mass is 16.2. The van der Waals surface area contributed by atoms with Crippen LogP contribution in [0, 0.1) is 5.92 Å². The van der Waals surface area contributed by atoms with Gasteiger partial charge in [-0.15, -0.1) is 0 Å². The molecule has 0 saturated carbocycles. The van der Waals surface area contributed by atoms with Crippen LogP contribution in [0.25, 0.3) is 0 Å². The number of amides is 1. The van der Waals surface area contributed by atoms with Crippen molar-refractivity contribution in [3.63, 3.8) is 0 Å². The van der Waals surface area contributed by atoms with Crippen molar-refractivity contribution in [2.45, 2.75) is 57.4 Å². The number of carbonyl (C=O) groups excluding carboxylic acids is 1. The summed E-state index contributed by atoms with van der Waals surface area (Å²) in [6.45, 7) is 3.26. The van der Waals surface area contributed by atoms with E-state index in [1.165, 1.54) is 31.3 Å². The predicted octanol–water partition coefficient (Wildman–Crippen LogP) is 2.89. The largest absolute Gasteiger partial charge is 0.336 e. The molecule has 3 rings (SSSR count). The Hall–Kier alpha value is -0.790. The molecular formula is C14H21NO. The van der Waals surface area contributed by atoms with Crippen LogP contribution in [0.2, 0.25) is 0 Å². The molecule has 1 spiro atoms. The molecule has 2 heteroatoms. The molecule has 2 atom stereocenters. The van der Waals surface area contributed by atoms with Gasteiger partial charge in [0.05, 0.1) is 0 Å². The van der Waals surface area contributed by atoms with Gasteiger partial charge in [-0.3, -0.25) is 4.79 Å². The minimum absolute atomic E-state index is 0.229. The monoisotopic (exact) mass is 219 g/mol. The van der Waals surface area contributed by atoms with E-state index < -0.39 is 0 Å². The van der Waals surface area contributed by atoms with Crippen LogP contribution in [0.3, 0.4) is 0 Å². The highest BCUT2D eigenvalue weighted by Gasteiger charge is 2.50. The van der Waals surface area contributed by atoms with Crippen LogP contribution < -0.4 is 0 Å². The molecule has 0 unspecified atom stereocenters. The van der Waals surface area contributed by atoms with E-state index in [9.17, 15) is 4.79 Å². The summed E-state index contributed by atoms with van der Waals surface area (Å²) >= 11 is 0. The molecule has 0 radical (unpaired) electrons. The van der Waals surface area contributed by atoms with E-state index in [1.54, 1.807) is 0 Å². The first-order valence-corrected chi connectivity index (χ1v) is 6.68. The lowest BCUT2D eigenvalue weighted by atomic mass is 9.70. The molecule has 1 amide bonds. The number of rotatable bonds is 0. The van der Waals surface area contributed by atoms with Gasteiger partial charge in [0.2, 0.25) is 5.91 Å². The summed E-state index contributed by atoms with van der Waals surface area (Å²) in [5.74, 6) is 1.17. The minimum Gasteiger partial charge on any atom is -0.336 e. The zero-order valence-electron chi connectivity index (χ0n) is 10.2. The third-order valence-corrected chi connectivity index (χ3v) is 4.91. The quantitative estimate of drug-likeness (QED) is 0.574. The molecule has 2 fully saturated rings. The van der Waals surface area contributed by atoms with Gasteiger partial charge < -0.3 is 4.90 Å². The van der Waals surface area contributed by atoms with Gasteiger partial charge in [0.25, 0.3) is 0 Å². The van der Waals surface area contributed by atoms with Crippen molar-refractivity contribution in [3.8, 4) is 0 Å². The van der Waals surface area contributed by atoms with Gasteiger partial charge in [0.15, 0.2) is 0 Å². The molecule has 1 aliphatic carbocycles. The Morgan fingerprint density at radius 3 is 3.19 bits per heavy atom. The van der Waals surface area contributed by atoms with E-state index in [0.29, 0.717) is 5.91 Å². The first kappa shape index (κ1) is 10.4. The van der Waals surface area contributed by atoms with Crippen LogP contribution in [0.4, 0.5) is 0 Å². The molecule has 16 heavy (non-hydrogen) atoms. The number of nitrogens with zero attached hydrogens (tertiary/aromatic N) is 1. The second-order valence-electron chi connectivity index (χ2n) is 5.80. The maximum atomic E-state index is 12.1. The van der Waals surface area contributed by atoms with Crippen LogP contribution in [-0.4, -0.2) is 22.9 Å². The third kappa shape index (κ3) is 1.35. The molecule has 0 bridgehead atoms. The van der Waals surface area contributed by atoms with Crippen LogP contribution in [0.15, 0.2) is 11.6 Å². The summed E-state index contributed by atoms with van der Waals surface area (Å²) < 4.78 is 0. The second-order valence-corrected chi connectivity index (χ2v) is 5.80. The predicted molar refractivity (Wildman–Crippen MR) is 64.0 cm³/mol. The maximum absolute atomic E-state index is 12.1. The molecule has 3 aliphatic rings. The fraction of sp³-hybridized carbons (Fsp3) is 0.786. The first-order chi connectivity index (χ1) is 7.72. The Morgan fingerprint density at radius 1 is 1.44 bits per heavy atom. The lowest BCUT2D eigenvalue weighted by molar-refractivity contribution is -0.135. The molecule has 2 heterocycles. The van der Waals surface area contributed by atoms with E-state index in [0.717, 1.165) is 31.7 Å². The topological polar surface area (TPSA) is 20.3 Å². The van der Waals surface area contributed by atoms with Gasteiger partial charge in [0, 0.05) is 18.5 Å². The van der Waals surface area contributed by atoms with Gasteiger partial charge in [-0.1, -0.05) is 11.6 Å². The zero-order chi connectivity index (χ0) is 11.2. The zero-order valence-corrected chi connectivity index (χ0v) is 10.2. The van der Waals surface area contributed by atoms with Gasteiger partial charge in [-0.05, 0) is 51.4 Å². The summed E-state index contributed by atoms with van der Waals surface area (Å²) in [6.07, 6.45) is 10.3. The van der Waals surface area contributed by atoms with E-state index in [4.69, 9.17) is 0 Å². The summed E-state index contributed by atoms with van der Waals surface area (Å²) in [4.78, 5) is 14.4. The summed E-state index contributed by atoms with van der Waals surface area (Å²) in [6, 6.07) is 0. The molecule has 2 aliphatic heterocycles. The van der Waals surface area contributed by atoms with Crippen LogP contribution in [-0.2, 0) is 4.79 Å². The van der Waals surface area contributed by atoms with Crippen LogP contribution >= 0.6 is 0 Å². The molecule has 88 valence electrons. The van der Waals surface area contributed by atoms with E-state index >= 15 is 0 Å². The molecular weight excluding hydrogens is 198 g/mol. The Bertz CT molecular complexity index is 347. The SMILES string of the molecule is CC1=CC[C@@]23CCCN2C(=O)CCC[C@H]3C1. The Labute approximate surface area is 97.7 Å². The van der Waals surface area contributed by atoms with Crippen LogP contribution in [0.5, 0.6) is 0 Å². The van der Waals surface area contributed by atoms with Gasteiger partial charge in [-0.2, -0.15) is 0 Å². The van der Waals surface area contributed by atoms with Crippen molar-refractivity contribution in [1.82, 2.24) is 4.90 Å². The second kappa shape index (κ2) is 3.61. The van der Waals surface area contributed by atoms with Crippen molar-refractivity contribution in [2.75, 3.05) is 6.54 Å². The average molecular weight is 219 g/mol. The number of hydrogen-bond acceptors (Lipinski definition) is 1. The maximum Gasteiger partial charge on any atom is 0.223 e. The van der Waals surface area contributed by atoms with E-state index in [2.05, 4.69) is 17.9 Å². The number of hydrogen-bond donors (Lipinski definition) is 0. The summed E-state index contributed by atoms with van der Waals surface area (Å²) in [5.41, 5.74) is 1.77. The Morgan fingerprint density at radius 2 is 2.31 bits per heavy atom. The Kier molecular flexibility index (Phi) is 2.34. The summed E-state index contributed by atoms with van der Waals surface area (Å²) in [7, 11) is 0. The summed E-state index contributed by atoms with van der Waals surface area (Å²) in [5, 5.41) is 0. The van der Waals surface area contributed by atoms with Gasteiger partial charge in [0.1, 0.15) is 0 Å². The Balaban J connectivity index is 1.99. The normalized spacial score (nSPS) is 38.8. The molecule has 0 aromatic rings.